The van der Waals surface area contributed by atoms with Crippen LogP contribution in [0.2, 0.25) is 0 Å². The number of quaternary nitrogens is 1. The first-order chi connectivity index (χ1) is 29.6. The van der Waals surface area contributed by atoms with E-state index in [0.717, 1.165) is 70.6 Å². The van der Waals surface area contributed by atoms with Gasteiger partial charge >= 0.3 is 11.9 Å². The zero-order valence-electron chi connectivity index (χ0n) is 38.2. The summed E-state index contributed by atoms with van der Waals surface area (Å²) < 4.78 is 22.3. The number of hydrogen-bond acceptors (Lipinski definition) is 8. The van der Waals surface area contributed by atoms with Crippen LogP contribution in [0.15, 0.2) is 134 Å². The molecule has 340 valence electrons. The van der Waals surface area contributed by atoms with E-state index < -0.39 is 30.3 Å². The van der Waals surface area contributed by atoms with Gasteiger partial charge in [0.1, 0.15) is 13.2 Å². The third kappa shape index (κ3) is 43.3. The van der Waals surface area contributed by atoms with Crippen LogP contribution in [0, 0.1) is 0 Å². The summed E-state index contributed by atoms with van der Waals surface area (Å²) in [5, 5.41) is 11.7. The van der Waals surface area contributed by atoms with E-state index in [-0.39, 0.29) is 32.7 Å². The fraction of sp³-hybridized carbons (Fsp3) is 0.519. The number of likely N-dealkylation sites (N-methyl/N-ethyl adjacent to an activating group) is 1. The number of rotatable bonds is 38. The van der Waals surface area contributed by atoms with Crippen molar-refractivity contribution >= 4 is 17.9 Å². The highest BCUT2D eigenvalue weighted by Crippen LogP contribution is 2.08. The van der Waals surface area contributed by atoms with Crippen LogP contribution >= 0.6 is 0 Å². The Balaban J connectivity index is 4.64. The normalized spacial score (nSPS) is 14.2. The smallest absolute Gasteiger partial charge is 0.306 e. The lowest BCUT2D eigenvalue weighted by Crippen LogP contribution is -2.44. The van der Waals surface area contributed by atoms with Crippen molar-refractivity contribution < 1.29 is 42.9 Å². The Morgan fingerprint density at radius 1 is 0.492 bits per heavy atom. The zero-order chi connectivity index (χ0) is 44.9. The van der Waals surface area contributed by atoms with Crippen molar-refractivity contribution in [2.24, 2.45) is 0 Å². The summed E-state index contributed by atoms with van der Waals surface area (Å²) in [7, 11) is 5.85. The maximum atomic E-state index is 12.7. The number of carbonyl (C=O) groups is 3. The molecule has 0 radical (unpaired) electrons. The van der Waals surface area contributed by atoms with Gasteiger partial charge < -0.3 is 33.3 Å². The van der Waals surface area contributed by atoms with Crippen molar-refractivity contribution in [3.05, 3.63) is 134 Å². The van der Waals surface area contributed by atoms with Crippen LogP contribution in [0.1, 0.15) is 117 Å². The number of aliphatic carboxylic acids is 1. The summed E-state index contributed by atoms with van der Waals surface area (Å²) in [6.07, 6.45) is 56.6. The van der Waals surface area contributed by atoms with Crippen molar-refractivity contribution in [1.29, 1.82) is 0 Å². The summed E-state index contributed by atoms with van der Waals surface area (Å²) in [6, 6.07) is 0. The summed E-state index contributed by atoms with van der Waals surface area (Å²) in [4.78, 5) is 36.9. The maximum Gasteiger partial charge on any atom is 0.306 e. The quantitative estimate of drug-likeness (QED) is 0.0199. The van der Waals surface area contributed by atoms with Crippen molar-refractivity contribution in [1.82, 2.24) is 0 Å². The minimum atomic E-state index is -1.66. The Hall–Kier alpha value is -4.57. The molecule has 0 saturated carbocycles. The van der Waals surface area contributed by atoms with Crippen LogP contribution in [-0.4, -0.2) is 82.3 Å². The monoisotopic (exact) mass is 846 g/mol. The Bertz CT molecular complexity index is 1450. The number of unbranched alkanes of at least 4 members (excludes halogenated alkanes) is 1. The third-order valence-electron chi connectivity index (χ3n) is 8.41. The number of allylic oxidation sites excluding steroid dienone is 22. The van der Waals surface area contributed by atoms with Gasteiger partial charge in [-0.3, -0.25) is 9.59 Å². The number of carboxylic acid groups (broad SMARTS) is 1. The molecule has 0 aliphatic rings. The molecule has 0 spiro atoms. The Kier molecular flexibility index (Phi) is 39.0. The topological polar surface area (TPSA) is 111 Å². The average Bonchev–Trinajstić information content (AvgIpc) is 3.22. The van der Waals surface area contributed by atoms with Gasteiger partial charge in [-0.1, -0.05) is 148 Å². The van der Waals surface area contributed by atoms with Crippen molar-refractivity contribution in [2.45, 2.75) is 129 Å². The fourth-order valence-electron chi connectivity index (χ4n) is 5.01. The zero-order valence-corrected chi connectivity index (χ0v) is 38.2. The molecule has 0 heterocycles. The van der Waals surface area contributed by atoms with Crippen LogP contribution in [0.25, 0.3) is 0 Å². The first-order valence-electron chi connectivity index (χ1n) is 22.3. The average molecular weight is 846 g/mol. The van der Waals surface area contributed by atoms with Gasteiger partial charge in [-0.05, 0) is 89.9 Å². The van der Waals surface area contributed by atoms with E-state index >= 15 is 0 Å². The number of carbonyl (C=O) groups excluding carboxylic acids is 3. The van der Waals surface area contributed by atoms with E-state index in [1.165, 1.54) is 0 Å². The first kappa shape index (κ1) is 56.4. The highest BCUT2D eigenvalue weighted by Gasteiger charge is 2.21. The highest BCUT2D eigenvalue weighted by molar-refractivity contribution is 5.70. The molecular formula is C52H79NO8. The van der Waals surface area contributed by atoms with Crippen LogP contribution < -0.4 is 5.11 Å². The van der Waals surface area contributed by atoms with Gasteiger partial charge in [0.2, 0.25) is 0 Å². The molecule has 0 aromatic carbocycles. The standard InChI is InChI=1S/C52H79NO8/c1-6-8-10-12-14-16-18-20-21-22-23-24-25-26-27-28-29-31-33-35-37-39-41-43-50(55)61-48(47-60-52(51(56)57)58-45-44-53(3,4)5)46-59-49(54)42-40-38-36-34-32-30-19-17-15-13-11-9-7-2/h8-11,14-17,20-21,23-24,26-27,29-32,35-38,48,52H,6-7,12-13,18-19,22,25,28,33-34,39-47H2,1-5H3/b10-8-,11-9-,16-14-,17-15-,21-20-,24-23-,27-26-,31-29-,32-30-,37-35-,38-36-. The lowest BCUT2D eigenvalue weighted by Gasteiger charge is -2.26. The third-order valence-corrected chi connectivity index (χ3v) is 8.41. The molecule has 2 atom stereocenters. The van der Waals surface area contributed by atoms with Gasteiger partial charge in [0.15, 0.2) is 12.4 Å². The molecule has 0 aromatic heterocycles. The van der Waals surface area contributed by atoms with E-state index in [0.29, 0.717) is 30.3 Å². The molecule has 0 aliphatic heterocycles. The van der Waals surface area contributed by atoms with Gasteiger partial charge in [-0.25, -0.2) is 0 Å². The Morgan fingerprint density at radius 2 is 0.885 bits per heavy atom. The second kappa shape index (κ2) is 42.1. The van der Waals surface area contributed by atoms with Crippen molar-refractivity contribution in [3.8, 4) is 0 Å². The van der Waals surface area contributed by atoms with Crippen LogP contribution in [0.5, 0.6) is 0 Å². The van der Waals surface area contributed by atoms with Crippen LogP contribution in [-0.2, 0) is 33.3 Å². The first-order valence-corrected chi connectivity index (χ1v) is 22.3. The van der Waals surface area contributed by atoms with Crippen LogP contribution in [0.4, 0.5) is 0 Å². The highest BCUT2D eigenvalue weighted by atomic mass is 16.7. The molecule has 0 amide bonds. The van der Waals surface area contributed by atoms with Gasteiger partial charge in [0.05, 0.1) is 40.3 Å². The summed E-state index contributed by atoms with van der Waals surface area (Å²) >= 11 is 0. The second-order valence-electron chi connectivity index (χ2n) is 15.2. The lowest BCUT2D eigenvalue weighted by atomic mass is 10.2. The number of esters is 2. The van der Waals surface area contributed by atoms with Gasteiger partial charge in [0, 0.05) is 12.8 Å². The molecule has 0 bridgehead atoms. The van der Waals surface area contributed by atoms with E-state index in [4.69, 9.17) is 18.9 Å². The second-order valence-corrected chi connectivity index (χ2v) is 15.2. The molecule has 2 unspecified atom stereocenters. The Morgan fingerprint density at radius 3 is 1.28 bits per heavy atom. The minimum absolute atomic E-state index is 0.118. The number of nitrogens with zero attached hydrogens (tertiary/aromatic N) is 1. The molecule has 0 aliphatic carbocycles. The largest absolute Gasteiger partial charge is 0.545 e. The van der Waals surface area contributed by atoms with Gasteiger partial charge in [0.25, 0.3) is 0 Å². The molecule has 0 saturated heterocycles. The molecule has 0 fully saturated rings. The van der Waals surface area contributed by atoms with Gasteiger partial charge in [-0.2, -0.15) is 0 Å². The number of carboxylic acids is 1. The molecule has 9 nitrogen and oxygen atoms in total. The minimum Gasteiger partial charge on any atom is -0.545 e. The van der Waals surface area contributed by atoms with Crippen molar-refractivity contribution in [3.63, 3.8) is 0 Å². The predicted octanol–water partition coefficient (Wildman–Crippen LogP) is 10.7. The molecular weight excluding hydrogens is 767 g/mol. The Labute approximate surface area is 369 Å². The molecule has 0 aromatic rings. The summed E-state index contributed by atoms with van der Waals surface area (Å²) in [5.74, 6) is -2.50. The maximum absolute atomic E-state index is 12.7. The molecule has 0 N–H and O–H groups in total. The lowest BCUT2D eigenvalue weighted by molar-refractivity contribution is -0.870. The number of hydrogen-bond donors (Lipinski definition) is 0. The SMILES string of the molecule is CC/C=C\C/C=C\C/C=C\C/C=C\C/C=C\C/C=C\C/C=C\CCCC(=O)OC(COC(=O)CC/C=C\C/C=C\C/C=C\C/C=C\CC)COC(OCC[N+](C)(C)C)C(=O)[O-]. The molecule has 9 heteroatoms. The molecule has 0 rings (SSSR count). The summed E-state index contributed by atoms with van der Waals surface area (Å²) in [6.45, 7) is 4.30. The van der Waals surface area contributed by atoms with E-state index in [9.17, 15) is 19.5 Å². The van der Waals surface area contributed by atoms with Gasteiger partial charge in [-0.15, -0.1) is 0 Å². The molecule has 61 heavy (non-hydrogen) atoms. The predicted molar refractivity (Wildman–Crippen MR) is 250 cm³/mol. The number of ether oxygens (including phenoxy) is 4. The summed E-state index contributed by atoms with van der Waals surface area (Å²) in [5.41, 5.74) is 0. The van der Waals surface area contributed by atoms with E-state index in [2.05, 4.69) is 129 Å². The van der Waals surface area contributed by atoms with E-state index in [1.54, 1.807) is 0 Å². The fourth-order valence-corrected chi connectivity index (χ4v) is 5.01. The van der Waals surface area contributed by atoms with Crippen LogP contribution in [0.3, 0.4) is 0 Å². The van der Waals surface area contributed by atoms with Crippen molar-refractivity contribution in [2.75, 3.05) is 47.5 Å². The van der Waals surface area contributed by atoms with E-state index in [1.807, 2.05) is 39.4 Å².